The summed E-state index contributed by atoms with van der Waals surface area (Å²) in [5.74, 6) is 0.765. The SMILES string of the molecule is CC(Oc1cccc(N)c1Br)c1ccccc1. The van der Waals surface area contributed by atoms with Crippen LogP contribution in [-0.4, -0.2) is 0 Å². The number of anilines is 1. The Kier molecular flexibility index (Phi) is 3.69. The molecule has 0 aromatic heterocycles. The first-order valence-electron chi connectivity index (χ1n) is 5.44. The smallest absolute Gasteiger partial charge is 0.136 e. The van der Waals surface area contributed by atoms with Gasteiger partial charge in [0.15, 0.2) is 0 Å². The maximum absolute atomic E-state index is 5.89. The number of ether oxygens (including phenoxy) is 1. The minimum absolute atomic E-state index is 0.00528. The Bertz CT molecular complexity index is 499. The topological polar surface area (TPSA) is 35.2 Å². The molecule has 2 nitrogen and oxygen atoms in total. The molecule has 3 heteroatoms. The van der Waals surface area contributed by atoms with Crippen LogP contribution in [-0.2, 0) is 0 Å². The van der Waals surface area contributed by atoms with Crippen LogP contribution in [0.2, 0.25) is 0 Å². The second-order valence-electron chi connectivity index (χ2n) is 3.83. The molecule has 0 radical (unpaired) electrons. The summed E-state index contributed by atoms with van der Waals surface area (Å²) in [6, 6.07) is 15.7. The van der Waals surface area contributed by atoms with Gasteiger partial charge >= 0.3 is 0 Å². The van der Waals surface area contributed by atoms with Crippen LogP contribution in [0.3, 0.4) is 0 Å². The Labute approximate surface area is 110 Å². The minimum atomic E-state index is -0.00528. The standard InChI is InChI=1S/C14H14BrNO/c1-10(11-6-3-2-4-7-11)17-13-9-5-8-12(16)14(13)15/h2-10H,16H2,1H3. The number of nitrogens with two attached hydrogens (primary N) is 1. The third-order valence-corrected chi connectivity index (χ3v) is 3.41. The second kappa shape index (κ2) is 5.23. The van der Waals surface area contributed by atoms with Crippen LogP contribution < -0.4 is 10.5 Å². The van der Waals surface area contributed by atoms with E-state index in [4.69, 9.17) is 10.5 Å². The van der Waals surface area contributed by atoms with Crippen molar-refractivity contribution in [1.29, 1.82) is 0 Å². The molecule has 88 valence electrons. The zero-order valence-corrected chi connectivity index (χ0v) is 11.1. The van der Waals surface area contributed by atoms with Crippen LogP contribution in [0.15, 0.2) is 53.0 Å². The molecule has 2 N–H and O–H groups in total. The van der Waals surface area contributed by atoms with Crippen LogP contribution >= 0.6 is 15.9 Å². The van der Waals surface area contributed by atoms with Crippen LogP contribution in [0, 0.1) is 0 Å². The van der Waals surface area contributed by atoms with Crippen molar-refractivity contribution >= 4 is 21.6 Å². The van der Waals surface area contributed by atoms with Gasteiger partial charge in [0.25, 0.3) is 0 Å². The van der Waals surface area contributed by atoms with Crippen LogP contribution in [0.25, 0.3) is 0 Å². The molecule has 0 saturated carbocycles. The Hall–Kier alpha value is -1.48. The van der Waals surface area contributed by atoms with E-state index in [1.54, 1.807) is 0 Å². The van der Waals surface area contributed by atoms with E-state index in [-0.39, 0.29) is 6.10 Å². The maximum Gasteiger partial charge on any atom is 0.136 e. The molecule has 0 fully saturated rings. The molecule has 0 aliphatic carbocycles. The van der Waals surface area contributed by atoms with Gasteiger partial charge in [-0.15, -0.1) is 0 Å². The Morgan fingerprint density at radius 1 is 1.06 bits per heavy atom. The van der Waals surface area contributed by atoms with Crippen molar-refractivity contribution in [2.24, 2.45) is 0 Å². The summed E-state index contributed by atoms with van der Waals surface area (Å²) in [6.45, 7) is 2.02. The predicted molar refractivity (Wildman–Crippen MR) is 74.0 cm³/mol. The number of hydrogen-bond acceptors (Lipinski definition) is 2. The van der Waals surface area contributed by atoms with Gasteiger partial charge in [-0.05, 0) is 40.5 Å². The van der Waals surface area contributed by atoms with Crippen molar-refractivity contribution in [3.63, 3.8) is 0 Å². The van der Waals surface area contributed by atoms with Gasteiger partial charge in [-0.2, -0.15) is 0 Å². The van der Waals surface area contributed by atoms with Gasteiger partial charge in [0.1, 0.15) is 11.9 Å². The fourth-order valence-electron chi connectivity index (χ4n) is 1.60. The fraction of sp³-hybridized carbons (Fsp3) is 0.143. The van der Waals surface area contributed by atoms with Crippen molar-refractivity contribution in [2.75, 3.05) is 5.73 Å². The summed E-state index contributed by atoms with van der Waals surface area (Å²) in [6.07, 6.45) is -0.00528. The second-order valence-corrected chi connectivity index (χ2v) is 4.62. The molecule has 0 heterocycles. The van der Waals surface area contributed by atoms with Crippen molar-refractivity contribution in [3.05, 3.63) is 58.6 Å². The molecule has 2 aromatic carbocycles. The first-order chi connectivity index (χ1) is 8.18. The fourth-order valence-corrected chi connectivity index (χ4v) is 1.96. The molecule has 0 aliphatic heterocycles. The van der Waals surface area contributed by atoms with Gasteiger partial charge in [-0.25, -0.2) is 0 Å². The van der Waals surface area contributed by atoms with E-state index in [1.807, 2.05) is 55.5 Å². The minimum Gasteiger partial charge on any atom is -0.485 e. The molecular formula is C14H14BrNO. The molecule has 2 rings (SSSR count). The van der Waals surface area contributed by atoms with E-state index in [0.717, 1.165) is 15.8 Å². The Morgan fingerprint density at radius 3 is 2.47 bits per heavy atom. The molecule has 0 spiro atoms. The number of hydrogen-bond donors (Lipinski definition) is 1. The molecule has 2 aromatic rings. The molecular weight excluding hydrogens is 278 g/mol. The predicted octanol–water partition coefficient (Wildman–Crippen LogP) is 4.17. The van der Waals surface area contributed by atoms with E-state index >= 15 is 0 Å². The van der Waals surface area contributed by atoms with Gasteiger partial charge in [-0.3, -0.25) is 0 Å². The largest absolute Gasteiger partial charge is 0.485 e. The van der Waals surface area contributed by atoms with E-state index in [1.165, 1.54) is 0 Å². The van der Waals surface area contributed by atoms with E-state index in [2.05, 4.69) is 15.9 Å². The molecule has 0 bridgehead atoms. The molecule has 1 atom stereocenters. The summed E-state index contributed by atoms with van der Waals surface area (Å²) in [4.78, 5) is 0. The average molecular weight is 292 g/mol. The van der Waals surface area contributed by atoms with Crippen LogP contribution in [0.5, 0.6) is 5.75 Å². The zero-order valence-electron chi connectivity index (χ0n) is 9.56. The van der Waals surface area contributed by atoms with Gasteiger partial charge < -0.3 is 10.5 Å². The van der Waals surface area contributed by atoms with Crippen molar-refractivity contribution in [2.45, 2.75) is 13.0 Å². The highest BCUT2D eigenvalue weighted by molar-refractivity contribution is 9.10. The zero-order chi connectivity index (χ0) is 12.3. The van der Waals surface area contributed by atoms with Gasteiger partial charge in [0, 0.05) is 5.69 Å². The lowest BCUT2D eigenvalue weighted by Gasteiger charge is -2.16. The summed E-state index contributed by atoms with van der Waals surface area (Å²) >= 11 is 3.43. The Morgan fingerprint density at radius 2 is 1.76 bits per heavy atom. The highest BCUT2D eigenvalue weighted by Crippen LogP contribution is 2.33. The number of halogens is 1. The van der Waals surface area contributed by atoms with Crippen molar-refractivity contribution < 1.29 is 4.74 Å². The van der Waals surface area contributed by atoms with Crippen molar-refractivity contribution in [1.82, 2.24) is 0 Å². The van der Waals surface area contributed by atoms with Crippen LogP contribution in [0.1, 0.15) is 18.6 Å². The average Bonchev–Trinajstić information content (AvgIpc) is 2.36. The quantitative estimate of drug-likeness (QED) is 0.862. The monoisotopic (exact) mass is 291 g/mol. The molecule has 0 amide bonds. The summed E-state index contributed by atoms with van der Waals surface area (Å²) < 4.78 is 6.69. The lowest BCUT2D eigenvalue weighted by Crippen LogP contribution is -2.03. The highest BCUT2D eigenvalue weighted by atomic mass is 79.9. The lowest BCUT2D eigenvalue weighted by molar-refractivity contribution is 0.225. The number of rotatable bonds is 3. The first-order valence-corrected chi connectivity index (χ1v) is 6.23. The number of nitrogen functional groups attached to an aromatic ring is 1. The first kappa shape index (κ1) is 12.0. The third kappa shape index (κ3) is 2.80. The lowest BCUT2D eigenvalue weighted by atomic mass is 10.1. The van der Waals surface area contributed by atoms with Crippen molar-refractivity contribution in [3.8, 4) is 5.75 Å². The molecule has 17 heavy (non-hydrogen) atoms. The van der Waals surface area contributed by atoms with E-state index < -0.39 is 0 Å². The van der Waals surface area contributed by atoms with Gasteiger partial charge in [0.2, 0.25) is 0 Å². The highest BCUT2D eigenvalue weighted by Gasteiger charge is 2.10. The van der Waals surface area contributed by atoms with E-state index in [0.29, 0.717) is 5.69 Å². The van der Waals surface area contributed by atoms with Gasteiger partial charge in [-0.1, -0.05) is 36.4 Å². The Balaban J connectivity index is 2.19. The van der Waals surface area contributed by atoms with Crippen LogP contribution in [0.4, 0.5) is 5.69 Å². The van der Waals surface area contributed by atoms with Gasteiger partial charge in [0.05, 0.1) is 4.47 Å². The van der Waals surface area contributed by atoms with E-state index in [9.17, 15) is 0 Å². The third-order valence-electron chi connectivity index (χ3n) is 2.57. The molecule has 1 unspecified atom stereocenters. The summed E-state index contributed by atoms with van der Waals surface area (Å²) in [5.41, 5.74) is 7.63. The molecule has 0 aliphatic rings. The normalized spacial score (nSPS) is 12.1. The summed E-state index contributed by atoms with van der Waals surface area (Å²) in [7, 11) is 0. The summed E-state index contributed by atoms with van der Waals surface area (Å²) in [5, 5.41) is 0. The molecule has 0 saturated heterocycles. The maximum atomic E-state index is 5.89. The number of benzene rings is 2.